The van der Waals surface area contributed by atoms with Crippen molar-refractivity contribution in [2.24, 2.45) is 0 Å². The smallest absolute Gasteiger partial charge is 0.238 e. The lowest BCUT2D eigenvalue weighted by molar-refractivity contribution is -0.120. The van der Waals surface area contributed by atoms with Crippen molar-refractivity contribution in [3.63, 3.8) is 0 Å². The van der Waals surface area contributed by atoms with Crippen LogP contribution in [-0.4, -0.2) is 26.7 Å². The zero-order chi connectivity index (χ0) is 19.4. The predicted octanol–water partition coefficient (Wildman–Crippen LogP) is 3.33. The number of amides is 1. The second kappa shape index (κ2) is 7.80. The fraction of sp³-hybridized carbons (Fsp3) is 0.190. The predicted molar refractivity (Wildman–Crippen MR) is 105 cm³/mol. The molecule has 0 heterocycles. The van der Waals surface area contributed by atoms with Gasteiger partial charge in [-0.15, -0.1) is 0 Å². The molecule has 1 amide bonds. The molecule has 0 saturated carbocycles. The van der Waals surface area contributed by atoms with Crippen LogP contribution in [0.3, 0.4) is 0 Å². The lowest BCUT2D eigenvalue weighted by Crippen LogP contribution is -2.37. The zero-order valence-corrected chi connectivity index (χ0v) is 16.0. The van der Waals surface area contributed by atoms with Gasteiger partial charge in [0.05, 0.1) is 12.0 Å². The maximum absolute atomic E-state index is 12.9. The highest BCUT2D eigenvalue weighted by molar-refractivity contribution is 7.92. The Kier molecular flexibility index (Phi) is 5.46. The number of ether oxygens (including phenoxy) is 1. The van der Waals surface area contributed by atoms with Crippen LogP contribution in [0.2, 0.25) is 0 Å². The number of sulfone groups is 1. The average molecular weight is 383 g/mol. The second-order valence-corrected chi connectivity index (χ2v) is 8.49. The van der Waals surface area contributed by atoms with E-state index in [0.717, 1.165) is 16.3 Å². The summed E-state index contributed by atoms with van der Waals surface area (Å²) >= 11 is 0. The largest absolute Gasteiger partial charge is 0.496 e. The molecule has 0 aromatic heterocycles. The number of benzene rings is 3. The number of para-hydroxylation sites is 1. The van der Waals surface area contributed by atoms with E-state index in [0.29, 0.717) is 5.75 Å². The van der Waals surface area contributed by atoms with Crippen molar-refractivity contribution in [3.8, 4) is 5.75 Å². The maximum Gasteiger partial charge on any atom is 0.238 e. The van der Waals surface area contributed by atoms with Gasteiger partial charge in [0.2, 0.25) is 5.91 Å². The summed E-state index contributed by atoms with van der Waals surface area (Å²) in [5.74, 6) is 0.0944. The number of rotatable bonds is 6. The van der Waals surface area contributed by atoms with E-state index in [2.05, 4.69) is 5.32 Å². The molecule has 0 radical (unpaired) electrons. The van der Waals surface area contributed by atoms with Crippen LogP contribution >= 0.6 is 0 Å². The van der Waals surface area contributed by atoms with E-state index in [1.165, 1.54) is 6.92 Å². The van der Waals surface area contributed by atoms with Crippen molar-refractivity contribution in [2.75, 3.05) is 7.11 Å². The van der Waals surface area contributed by atoms with E-state index in [9.17, 15) is 13.2 Å². The summed E-state index contributed by atoms with van der Waals surface area (Å²) in [6.45, 7) is 1.60. The van der Waals surface area contributed by atoms with Gasteiger partial charge in [0.25, 0.3) is 0 Å². The first-order chi connectivity index (χ1) is 12.9. The van der Waals surface area contributed by atoms with Crippen molar-refractivity contribution in [1.29, 1.82) is 0 Å². The van der Waals surface area contributed by atoms with E-state index >= 15 is 0 Å². The standard InChI is InChI=1S/C21H21NO4S/c1-15(21(23)22-14-18-9-5-6-10-20(18)26-2)27(24,25)19-12-11-16-7-3-4-8-17(16)13-19/h3-13,15H,14H2,1-2H3,(H,22,23). The van der Waals surface area contributed by atoms with Crippen molar-refractivity contribution >= 4 is 26.5 Å². The molecular formula is C21H21NO4S. The molecule has 3 aromatic rings. The Morgan fingerprint density at radius 2 is 1.67 bits per heavy atom. The quantitative estimate of drug-likeness (QED) is 0.709. The van der Waals surface area contributed by atoms with E-state index in [4.69, 9.17) is 4.74 Å². The van der Waals surface area contributed by atoms with E-state index in [1.54, 1.807) is 31.4 Å². The van der Waals surface area contributed by atoms with Gasteiger partial charge in [0.15, 0.2) is 9.84 Å². The normalized spacial score (nSPS) is 12.5. The van der Waals surface area contributed by atoms with Crippen molar-refractivity contribution in [2.45, 2.75) is 23.6 Å². The van der Waals surface area contributed by atoms with Gasteiger partial charge in [0.1, 0.15) is 11.0 Å². The van der Waals surface area contributed by atoms with Crippen LogP contribution in [-0.2, 0) is 21.2 Å². The molecule has 6 heteroatoms. The first-order valence-electron chi connectivity index (χ1n) is 8.56. The summed E-state index contributed by atoms with van der Waals surface area (Å²) in [5.41, 5.74) is 0.781. The van der Waals surface area contributed by atoms with E-state index < -0.39 is 21.0 Å². The minimum Gasteiger partial charge on any atom is -0.496 e. The van der Waals surface area contributed by atoms with Gasteiger partial charge in [-0.2, -0.15) is 0 Å². The third kappa shape index (κ3) is 3.95. The van der Waals surface area contributed by atoms with Crippen LogP contribution in [0.1, 0.15) is 12.5 Å². The minimum absolute atomic E-state index is 0.140. The molecule has 0 saturated heterocycles. The van der Waals surface area contributed by atoms with Crippen LogP contribution < -0.4 is 10.1 Å². The molecule has 1 unspecified atom stereocenters. The minimum atomic E-state index is -3.79. The van der Waals surface area contributed by atoms with Crippen LogP contribution in [0.25, 0.3) is 10.8 Å². The molecule has 0 aliphatic carbocycles. The lowest BCUT2D eigenvalue weighted by atomic mass is 10.1. The average Bonchev–Trinajstić information content (AvgIpc) is 2.71. The Balaban J connectivity index is 1.78. The molecule has 0 bridgehead atoms. The fourth-order valence-electron chi connectivity index (χ4n) is 2.86. The first-order valence-corrected chi connectivity index (χ1v) is 10.1. The summed E-state index contributed by atoms with van der Waals surface area (Å²) in [5, 5.41) is 3.26. The van der Waals surface area contributed by atoms with E-state index in [-0.39, 0.29) is 11.4 Å². The summed E-state index contributed by atoms with van der Waals surface area (Å²) in [7, 11) is -2.24. The first kappa shape index (κ1) is 18.9. The summed E-state index contributed by atoms with van der Waals surface area (Å²) in [4.78, 5) is 12.6. The van der Waals surface area contributed by atoms with Crippen molar-refractivity contribution in [1.82, 2.24) is 5.32 Å². The summed E-state index contributed by atoms with van der Waals surface area (Å²) in [6, 6.07) is 19.7. The van der Waals surface area contributed by atoms with Crippen LogP contribution in [0.15, 0.2) is 71.6 Å². The highest BCUT2D eigenvalue weighted by atomic mass is 32.2. The number of nitrogens with one attached hydrogen (secondary N) is 1. The van der Waals surface area contributed by atoms with Gasteiger partial charge in [-0.3, -0.25) is 4.79 Å². The zero-order valence-electron chi connectivity index (χ0n) is 15.2. The molecule has 5 nitrogen and oxygen atoms in total. The number of hydrogen-bond acceptors (Lipinski definition) is 4. The molecule has 1 atom stereocenters. The number of methoxy groups -OCH3 is 1. The molecule has 0 spiro atoms. The Labute approximate surface area is 158 Å². The van der Waals surface area contributed by atoms with Crippen molar-refractivity contribution < 1.29 is 17.9 Å². The van der Waals surface area contributed by atoms with E-state index in [1.807, 2.05) is 42.5 Å². The number of carbonyl (C=O) groups excluding carboxylic acids is 1. The van der Waals surface area contributed by atoms with Gasteiger partial charge in [-0.25, -0.2) is 8.42 Å². The molecule has 0 aliphatic heterocycles. The monoisotopic (exact) mass is 383 g/mol. The Morgan fingerprint density at radius 3 is 2.41 bits per heavy atom. The van der Waals surface area contributed by atoms with Gasteiger partial charge < -0.3 is 10.1 Å². The molecule has 1 N–H and O–H groups in total. The number of carbonyl (C=O) groups is 1. The topological polar surface area (TPSA) is 72.5 Å². The van der Waals surface area contributed by atoms with Crippen LogP contribution in [0.4, 0.5) is 0 Å². The SMILES string of the molecule is COc1ccccc1CNC(=O)C(C)S(=O)(=O)c1ccc2ccccc2c1. The molecule has 140 valence electrons. The third-order valence-corrected chi connectivity index (χ3v) is 6.59. The highest BCUT2D eigenvalue weighted by Crippen LogP contribution is 2.23. The summed E-state index contributed by atoms with van der Waals surface area (Å²) in [6.07, 6.45) is 0. The highest BCUT2D eigenvalue weighted by Gasteiger charge is 2.29. The Bertz CT molecular complexity index is 1080. The molecule has 27 heavy (non-hydrogen) atoms. The Hall–Kier alpha value is -2.86. The third-order valence-electron chi connectivity index (χ3n) is 4.53. The van der Waals surface area contributed by atoms with Gasteiger partial charge >= 0.3 is 0 Å². The second-order valence-electron chi connectivity index (χ2n) is 6.23. The van der Waals surface area contributed by atoms with Crippen LogP contribution in [0, 0.1) is 0 Å². The van der Waals surface area contributed by atoms with Gasteiger partial charge in [0, 0.05) is 12.1 Å². The maximum atomic E-state index is 12.9. The lowest BCUT2D eigenvalue weighted by Gasteiger charge is -2.15. The Morgan fingerprint density at radius 1 is 1.00 bits per heavy atom. The van der Waals surface area contributed by atoms with Crippen molar-refractivity contribution in [3.05, 3.63) is 72.3 Å². The molecule has 3 aromatic carbocycles. The van der Waals surface area contributed by atoms with Gasteiger partial charge in [-0.05, 0) is 35.9 Å². The summed E-state index contributed by atoms with van der Waals surface area (Å²) < 4.78 is 31.0. The molecule has 0 aliphatic rings. The number of hydrogen-bond donors (Lipinski definition) is 1. The molecule has 3 rings (SSSR count). The molecule has 0 fully saturated rings. The number of fused-ring (bicyclic) bond motifs is 1. The fourth-order valence-corrected chi connectivity index (χ4v) is 4.19. The van der Waals surface area contributed by atoms with Crippen LogP contribution in [0.5, 0.6) is 5.75 Å². The van der Waals surface area contributed by atoms with Gasteiger partial charge in [-0.1, -0.05) is 48.5 Å². The molecular weight excluding hydrogens is 362 g/mol.